The molecule has 0 aromatic heterocycles. The van der Waals surface area contributed by atoms with Crippen LogP contribution in [0.15, 0.2) is 30.3 Å². The number of hydrogen-bond acceptors (Lipinski definition) is 4. The Morgan fingerprint density at radius 1 is 1.20 bits per heavy atom. The average Bonchev–Trinajstić information content (AvgIpc) is 2.89. The van der Waals surface area contributed by atoms with E-state index in [1.54, 1.807) is 0 Å². The second-order valence-electron chi connectivity index (χ2n) is 5.86. The van der Waals surface area contributed by atoms with E-state index in [9.17, 15) is 0 Å². The summed E-state index contributed by atoms with van der Waals surface area (Å²) in [5, 5.41) is 0. The van der Waals surface area contributed by atoms with E-state index in [1.165, 1.54) is 5.56 Å². The topological polar surface area (TPSA) is 36.9 Å². The fourth-order valence-corrected chi connectivity index (χ4v) is 2.75. The summed E-state index contributed by atoms with van der Waals surface area (Å²) in [5.74, 6) is -0.510. The van der Waals surface area contributed by atoms with Crippen LogP contribution in [-0.4, -0.2) is 30.9 Å². The molecule has 0 radical (unpaired) electrons. The van der Waals surface area contributed by atoms with Gasteiger partial charge in [-0.15, -0.1) is 0 Å². The van der Waals surface area contributed by atoms with Crippen LogP contribution in [0.4, 0.5) is 0 Å². The Morgan fingerprint density at radius 3 is 2.75 bits per heavy atom. The van der Waals surface area contributed by atoms with Crippen molar-refractivity contribution in [3.05, 3.63) is 35.9 Å². The largest absolute Gasteiger partial charge is 0.377 e. The molecule has 4 heteroatoms. The van der Waals surface area contributed by atoms with Gasteiger partial charge in [0.2, 0.25) is 0 Å². The summed E-state index contributed by atoms with van der Waals surface area (Å²) in [6.45, 7) is 5.20. The van der Waals surface area contributed by atoms with Gasteiger partial charge in [0, 0.05) is 13.0 Å². The van der Waals surface area contributed by atoms with E-state index < -0.39 is 5.79 Å². The minimum atomic E-state index is -0.510. The van der Waals surface area contributed by atoms with Crippen LogP contribution in [0.5, 0.6) is 0 Å². The third-order valence-electron chi connectivity index (χ3n) is 3.66. The van der Waals surface area contributed by atoms with Gasteiger partial charge >= 0.3 is 0 Å². The first-order valence-corrected chi connectivity index (χ1v) is 7.25. The molecule has 0 saturated carbocycles. The highest BCUT2D eigenvalue weighted by Crippen LogP contribution is 2.37. The Hall–Kier alpha value is -0.940. The minimum Gasteiger partial charge on any atom is -0.377 e. The van der Waals surface area contributed by atoms with Gasteiger partial charge in [0.1, 0.15) is 6.10 Å². The molecule has 0 amide bonds. The molecule has 3 atom stereocenters. The van der Waals surface area contributed by atoms with Crippen molar-refractivity contribution in [2.24, 2.45) is 0 Å². The van der Waals surface area contributed by atoms with Crippen LogP contribution in [0.1, 0.15) is 32.3 Å². The summed E-state index contributed by atoms with van der Waals surface area (Å²) < 4.78 is 23.0. The molecule has 2 aliphatic heterocycles. The second kappa shape index (κ2) is 5.82. The van der Waals surface area contributed by atoms with Crippen LogP contribution in [-0.2, 0) is 25.6 Å². The van der Waals surface area contributed by atoms with Crippen LogP contribution < -0.4 is 0 Å². The summed E-state index contributed by atoms with van der Waals surface area (Å²) in [6, 6.07) is 10.2. The SMILES string of the molecule is CC1(C)O[C@H]2OC(CCOCc3ccccc3)C[C@H]2O1. The lowest BCUT2D eigenvalue weighted by molar-refractivity contribution is -0.206. The minimum absolute atomic E-state index is 0.0733. The predicted molar refractivity (Wildman–Crippen MR) is 74.0 cm³/mol. The molecule has 2 saturated heterocycles. The van der Waals surface area contributed by atoms with E-state index >= 15 is 0 Å². The van der Waals surface area contributed by atoms with Crippen molar-refractivity contribution in [2.45, 2.75) is 57.6 Å². The zero-order valence-corrected chi connectivity index (χ0v) is 12.1. The monoisotopic (exact) mass is 278 g/mol. The Bertz CT molecular complexity index is 415. The Kier molecular flexibility index (Phi) is 4.08. The summed E-state index contributed by atoms with van der Waals surface area (Å²) in [6.07, 6.45) is 1.82. The molecule has 2 aliphatic rings. The molecule has 4 nitrogen and oxygen atoms in total. The molecule has 0 bridgehead atoms. The van der Waals surface area contributed by atoms with Crippen molar-refractivity contribution in [2.75, 3.05) is 6.61 Å². The lowest BCUT2D eigenvalue weighted by Gasteiger charge is -2.20. The molecule has 1 aromatic carbocycles. The van der Waals surface area contributed by atoms with Gasteiger partial charge in [0.05, 0.1) is 12.7 Å². The van der Waals surface area contributed by atoms with E-state index in [2.05, 4.69) is 12.1 Å². The number of rotatable bonds is 5. The maximum absolute atomic E-state index is 5.85. The van der Waals surface area contributed by atoms with Gasteiger partial charge in [-0.05, 0) is 25.8 Å². The molecular weight excluding hydrogens is 256 g/mol. The first-order chi connectivity index (χ1) is 9.62. The zero-order valence-electron chi connectivity index (χ0n) is 12.1. The normalized spacial score (nSPS) is 31.4. The van der Waals surface area contributed by atoms with Gasteiger partial charge in [0.25, 0.3) is 0 Å². The molecule has 1 aromatic rings. The number of ether oxygens (including phenoxy) is 4. The smallest absolute Gasteiger partial charge is 0.187 e. The standard InChI is InChI=1S/C16H22O4/c1-16(2)19-14-10-13(18-15(14)20-16)8-9-17-11-12-6-4-3-5-7-12/h3-7,13-15H,8-11H2,1-2H3/t13?,14-,15-/m1/s1. The van der Waals surface area contributed by atoms with Gasteiger partial charge in [-0.25, -0.2) is 0 Å². The van der Waals surface area contributed by atoms with Gasteiger partial charge in [-0.1, -0.05) is 30.3 Å². The summed E-state index contributed by atoms with van der Waals surface area (Å²) >= 11 is 0. The third kappa shape index (κ3) is 3.38. The summed E-state index contributed by atoms with van der Waals surface area (Å²) in [7, 11) is 0. The molecular formula is C16H22O4. The molecule has 0 spiro atoms. The lowest BCUT2D eigenvalue weighted by Crippen LogP contribution is -2.25. The maximum Gasteiger partial charge on any atom is 0.187 e. The fourth-order valence-electron chi connectivity index (χ4n) is 2.75. The molecule has 1 unspecified atom stereocenters. The number of hydrogen-bond donors (Lipinski definition) is 0. The highest BCUT2D eigenvalue weighted by Gasteiger charge is 2.48. The maximum atomic E-state index is 5.85. The molecule has 110 valence electrons. The van der Waals surface area contributed by atoms with E-state index in [4.69, 9.17) is 18.9 Å². The Morgan fingerprint density at radius 2 is 2.00 bits per heavy atom. The van der Waals surface area contributed by atoms with Crippen LogP contribution >= 0.6 is 0 Å². The predicted octanol–water partition coefficient (Wildman–Crippen LogP) is 2.86. The van der Waals surface area contributed by atoms with Crippen molar-refractivity contribution in [3.8, 4) is 0 Å². The lowest BCUT2D eigenvalue weighted by atomic mass is 10.1. The van der Waals surface area contributed by atoms with Crippen LogP contribution in [0.3, 0.4) is 0 Å². The molecule has 3 rings (SSSR count). The summed E-state index contributed by atoms with van der Waals surface area (Å²) in [4.78, 5) is 0. The van der Waals surface area contributed by atoms with Crippen molar-refractivity contribution < 1.29 is 18.9 Å². The average molecular weight is 278 g/mol. The van der Waals surface area contributed by atoms with E-state index in [-0.39, 0.29) is 18.5 Å². The molecule has 2 heterocycles. The van der Waals surface area contributed by atoms with Crippen molar-refractivity contribution in [3.63, 3.8) is 0 Å². The highest BCUT2D eigenvalue weighted by atomic mass is 16.8. The summed E-state index contributed by atoms with van der Waals surface area (Å²) in [5.41, 5.74) is 1.20. The second-order valence-corrected chi connectivity index (χ2v) is 5.86. The van der Waals surface area contributed by atoms with Crippen molar-refractivity contribution in [1.82, 2.24) is 0 Å². The molecule has 2 fully saturated rings. The quantitative estimate of drug-likeness (QED) is 0.776. The molecule has 0 N–H and O–H groups in total. The van der Waals surface area contributed by atoms with Gasteiger partial charge < -0.3 is 18.9 Å². The zero-order chi connectivity index (χ0) is 14.0. The van der Waals surface area contributed by atoms with Gasteiger partial charge in [0.15, 0.2) is 12.1 Å². The van der Waals surface area contributed by atoms with E-state index in [0.717, 1.165) is 12.8 Å². The molecule has 20 heavy (non-hydrogen) atoms. The Balaban J connectivity index is 1.35. The highest BCUT2D eigenvalue weighted by molar-refractivity contribution is 5.13. The van der Waals surface area contributed by atoms with Crippen LogP contribution in [0.2, 0.25) is 0 Å². The Labute approximate surface area is 120 Å². The van der Waals surface area contributed by atoms with E-state index in [1.807, 2.05) is 32.0 Å². The number of fused-ring (bicyclic) bond motifs is 1. The van der Waals surface area contributed by atoms with Gasteiger partial charge in [-0.3, -0.25) is 0 Å². The van der Waals surface area contributed by atoms with Crippen molar-refractivity contribution >= 4 is 0 Å². The number of benzene rings is 1. The van der Waals surface area contributed by atoms with Crippen LogP contribution in [0, 0.1) is 0 Å². The first-order valence-electron chi connectivity index (χ1n) is 7.25. The first kappa shape index (κ1) is 14.0. The molecule has 0 aliphatic carbocycles. The third-order valence-corrected chi connectivity index (χ3v) is 3.66. The van der Waals surface area contributed by atoms with E-state index in [0.29, 0.717) is 13.2 Å². The van der Waals surface area contributed by atoms with Gasteiger partial charge in [-0.2, -0.15) is 0 Å². The van der Waals surface area contributed by atoms with Crippen molar-refractivity contribution in [1.29, 1.82) is 0 Å². The van der Waals surface area contributed by atoms with Crippen LogP contribution in [0.25, 0.3) is 0 Å². The fraction of sp³-hybridized carbons (Fsp3) is 0.625.